The van der Waals surface area contributed by atoms with Gasteiger partial charge < -0.3 is 10.0 Å². The molecule has 0 fully saturated rings. The number of aliphatic carboxylic acids is 1. The number of carbonyl (C=O) groups excluding carboxylic acids is 1. The number of aryl methyl sites for hydroxylation is 1. The Labute approximate surface area is 139 Å². The molecular weight excluding hydrogens is 313 g/mol. The van der Waals surface area contributed by atoms with Crippen molar-refractivity contribution in [2.24, 2.45) is 0 Å². The summed E-state index contributed by atoms with van der Waals surface area (Å²) in [6.45, 7) is 5.37. The standard InChI is InChI=1S/C17H20FN3O3/c1-4-20(10-17(23)24)16(22)9-15-11(2)19-21(12(15)3)14-7-5-13(18)6-8-14/h5-8H,4,9-10H2,1-3H3,(H,23,24). The summed E-state index contributed by atoms with van der Waals surface area (Å²) in [6, 6.07) is 5.93. The first-order chi connectivity index (χ1) is 11.3. The van der Waals surface area contributed by atoms with Crippen LogP contribution in [0.1, 0.15) is 23.9 Å². The van der Waals surface area contributed by atoms with E-state index >= 15 is 0 Å². The highest BCUT2D eigenvalue weighted by Crippen LogP contribution is 2.19. The van der Waals surface area contributed by atoms with Crippen LogP contribution >= 0.6 is 0 Å². The third kappa shape index (κ3) is 3.79. The smallest absolute Gasteiger partial charge is 0.323 e. The number of nitrogens with zero attached hydrogens (tertiary/aromatic N) is 3. The fourth-order valence-corrected chi connectivity index (χ4v) is 2.57. The molecule has 0 unspecified atom stereocenters. The molecule has 0 aliphatic heterocycles. The van der Waals surface area contributed by atoms with Crippen LogP contribution in [0.15, 0.2) is 24.3 Å². The second-order valence-corrected chi connectivity index (χ2v) is 5.52. The maximum atomic E-state index is 13.1. The van der Waals surface area contributed by atoms with Gasteiger partial charge in [0.2, 0.25) is 5.91 Å². The van der Waals surface area contributed by atoms with E-state index < -0.39 is 5.97 Å². The number of aromatic nitrogens is 2. The highest BCUT2D eigenvalue weighted by atomic mass is 19.1. The van der Waals surface area contributed by atoms with Gasteiger partial charge in [0.25, 0.3) is 0 Å². The molecule has 0 radical (unpaired) electrons. The Bertz CT molecular complexity index is 753. The Kier molecular flexibility index (Phi) is 5.33. The zero-order valence-corrected chi connectivity index (χ0v) is 13.9. The van der Waals surface area contributed by atoms with E-state index in [9.17, 15) is 14.0 Å². The van der Waals surface area contributed by atoms with Crippen LogP contribution < -0.4 is 0 Å². The molecule has 0 aliphatic carbocycles. The van der Waals surface area contributed by atoms with Crippen LogP contribution in [0.2, 0.25) is 0 Å². The summed E-state index contributed by atoms with van der Waals surface area (Å²) < 4.78 is 14.7. The van der Waals surface area contributed by atoms with E-state index in [1.54, 1.807) is 30.7 Å². The SMILES string of the molecule is CCN(CC(=O)O)C(=O)Cc1c(C)nn(-c2ccc(F)cc2)c1C. The number of amides is 1. The molecule has 24 heavy (non-hydrogen) atoms. The minimum Gasteiger partial charge on any atom is -0.480 e. The van der Waals surface area contributed by atoms with E-state index in [-0.39, 0.29) is 24.7 Å². The number of halogens is 1. The van der Waals surface area contributed by atoms with E-state index in [1.807, 2.05) is 6.92 Å². The molecule has 6 nitrogen and oxygen atoms in total. The topological polar surface area (TPSA) is 75.4 Å². The molecule has 0 atom stereocenters. The lowest BCUT2D eigenvalue weighted by Gasteiger charge is -2.18. The van der Waals surface area contributed by atoms with Crippen LogP contribution in [-0.2, 0) is 16.0 Å². The molecule has 2 rings (SSSR count). The minimum absolute atomic E-state index is 0.0833. The van der Waals surface area contributed by atoms with E-state index in [0.29, 0.717) is 17.9 Å². The highest BCUT2D eigenvalue weighted by molar-refractivity contribution is 5.83. The molecule has 1 heterocycles. The first-order valence-corrected chi connectivity index (χ1v) is 7.64. The van der Waals surface area contributed by atoms with Crippen LogP contribution in [0.5, 0.6) is 0 Å². The summed E-state index contributed by atoms with van der Waals surface area (Å²) in [5, 5.41) is 13.3. The van der Waals surface area contributed by atoms with Crippen LogP contribution in [0.3, 0.4) is 0 Å². The van der Waals surface area contributed by atoms with Crippen molar-refractivity contribution < 1.29 is 19.1 Å². The van der Waals surface area contributed by atoms with Gasteiger partial charge in [-0.3, -0.25) is 9.59 Å². The molecular formula is C17H20FN3O3. The van der Waals surface area contributed by atoms with Gasteiger partial charge in [0.05, 0.1) is 17.8 Å². The average molecular weight is 333 g/mol. The van der Waals surface area contributed by atoms with Gasteiger partial charge in [-0.1, -0.05) is 0 Å². The molecule has 0 bridgehead atoms. The van der Waals surface area contributed by atoms with Gasteiger partial charge in [0, 0.05) is 17.8 Å². The largest absolute Gasteiger partial charge is 0.480 e. The Morgan fingerprint density at radius 3 is 2.42 bits per heavy atom. The molecule has 0 saturated carbocycles. The van der Waals surface area contributed by atoms with Crippen LogP contribution in [0.4, 0.5) is 4.39 Å². The maximum absolute atomic E-state index is 13.1. The lowest BCUT2D eigenvalue weighted by Crippen LogP contribution is -2.36. The summed E-state index contributed by atoms with van der Waals surface area (Å²) in [5.41, 5.74) is 2.93. The zero-order chi connectivity index (χ0) is 17.9. The van der Waals surface area contributed by atoms with Gasteiger partial charge in [-0.2, -0.15) is 5.10 Å². The van der Waals surface area contributed by atoms with Crippen molar-refractivity contribution in [1.29, 1.82) is 0 Å². The monoisotopic (exact) mass is 333 g/mol. The average Bonchev–Trinajstić information content (AvgIpc) is 2.81. The zero-order valence-electron chi connectivity index (χ0n) is 13.9. The third-order valence-corrected chi connectivity index (χ3v) is 3.90. The van der Waals surface area contributed by atoms with E-state index in [2.05, 4.69) is 5.10 Å². The van der Waals surface area contributed by atoms with Crippen molar-refractivity contribution in [3.05, 3.63) is 47.0 Å². The third-order valence-electron chi connectivity index (χ3n) is 3.90. The maximum Gasteiger partial charge on any atom is 0.323 e. The number of likely N-dealkylation sites (N-methyl/N-ethyl adjacent to an activating group) is 1. The Balaban J connectivity index is 2.27. The number of carboxylic acids is 1. The minimum atomic E-state index is -1.04. The van der Waals surface area contributed by atoms with Crippen molar-refractivity contribution in [3.63, 3.8) is 0 Å². The molecule has 0 saturated heterocycles. The van der Waals surface area contributed by atoms with Crippen molar-refractivity contribution in [2.45, 2.75) is 27.2 Å². The number of rotatable bonds is 6. The number of carbonyl (C=O) groups is 2. The van der Waals surface area contributed by atoms with E-state index in [1.165, 1.54) is 17.0 Å². The molecule has 1 aromatic heterocycles. The van der Waals surface area contributed by atoms with Crippen LogP contribution in [0.25, 0.3) is 5.69 Å². The first-order valence-electron chi connectivity index (χ1n) is 7.64. The predicted molar refractivity (Wildman–Crippen MR) is 86.6 cm³/mol. The Hall–Kier alpha value is -2.70. The molecule has 128 valence electrons. The van der Waals surface area contributed by atoms with Gasteiger partial charge in [0.15, 0.2) is 0 Å². The van der Waals surface area contributed by atoms with Gasteiger partial charge in [0.1, 0.15) is 12.4 Å². The van der Waals surface area contributed by atoms with E-state index in [4.69, 9.17) is 5.11 Å². The van der Waals surface area contributed by atoms with Gasteiger partial charge in [-0.05, 0) is 45.0 Å². The van der Waals surface area contributed by atoms with Gasteiger partial charge in [-0.15, -0.1) is 0 Å². The number of benzene rings is 1. The molecule has 0 aliphatic rings. The van der Waals surface area contributed by atoms with Crippen LogP contribution in [0, 0.1) is 19.7 Å². The van der Waals surface area contributed by atoms with Gasteiger partial charge in [-0.25, -0.2) is 9.07 Å². The van der Waals surface area contributed by atoms with Crippen molar-refractivity contribution in [1.82, 2.24) is 14.7 Å². The Morgan fingerprint density at radius 1 is 1.25 bits per heavy atom. The summed E-state index contributed by atoms with van der Waals surface area (Å²) in [5.74, 6) is -1.63. The normalized spacial score (nSPS) is 10.7. The summed E-state index contributed by atoms with van der Waals surface area (Å²) in [4.78, 5) is 24.5. The summed E-state index contributed by atoms with van der Waals surface area (Å²) in [6.07, 6.45) is 0.0833. The second kappa shape index (κ2) is 7.25. The quantitative estimate of drug-likeness (QED) is 0.878. The molecule has 1 N–H and O–H groups in total. The number of carboxylic acid groups (broad SMARTS) is 1. The second-order valence-electron chi connectivity index (χ2n) is 5.52. The fraction of sp³-hybridized carbons (Fsp3) is 0.353. The molecule has 0 spiro atoms. The first kappa shape index (κ1) is 17.7. The molecule has 1 amide bonds. The van der Waals surface area contributed by atoms with Crippen molar-refractivity contribution in [2.75, 3.05) is 13.1 Å². The van der Waals surface area contributed by atoms with Gasteiger partial charge >= 0.3 is 5.97 Å². The Morgan fingerprint density at radius 2 is 1.88 bits per heavy atom. The van der Waals surface area contributed by atoms with Crippen LogP contribution in [-0.4, -0.2) is 44.8 Å². The number of hydrogen-bond acceptors (Lipinski definition) is 3. The summed E-state index contributed by atoms with van der Waals surface area (Å²) in [7, 11) is 0. The molecule has 7 heteroatoms. The predicted octanol–water partition coefficient (Wildman–Crippen LogP) is 2.10. The lowest BCUT2D eigenvalue weighted by molar-refractivity contribution is -0.144. The van der Waals surface area contributed by atoms with Crippen molar-refractivity contribution in [3.8, 4) is 5.69 Å². The number of hydrogen-bond donors (Lipinski definition) is 1. The molecule has 2 aromatic rings. The lowest BCUT2D eigenvalue weighted by atomic mass is 10.1. The molecule has 1 aromatic carbocycles. The van der Waals surface area contributed by atoms with E-state index in [0.717, 1.165) is 11.3 Å². The highest BCUT2D eigenvalue weighted by Gasteiger charge is 2.20. The summed E-state index contributed by atoms with van der Waals surface area (Å²) >= 11 is 0. The van der Waals surface area contributed by atoms with Crippen molar-refractivity contribution >= 4 is 11.9 Å². The fourth-order valence-electron chi connectivity index (χ4n) is 2.57.